The van der Waals surface area contributed by atoms with E-state index in [9.17, 15) is 13.2 Å². The van der Waals surface area contributed by atoms with E-state index in [1.54, 1.807) is 23.6 Å². The van der Waals surface area contributed by atoms with Gasteiger partial charge in [0.15, 0.2) is 0 Å². The Bertz CT molecular complexity index is 673. The maximum absolute atomic E-state index is 13.2. The number of alkyl halides is 3. The number of aromatic nitrogens is 1. The van der Waals surface area contributed by atoms with Gasteiger partial charge >= 0.3 is 6.18 Å². The van der Waals surface area contributed by atoms with Crippen LogP contribution in [0.4, 0.5) is 13.2 Å². The number of rotatable bonds is 5. The molecule has 0 fully saturated rings. The molecule has 0 aliphatic carbocycles. The van der Waals surface area contributed by atoms with Crippen molar-refractivity contribution in [2.45, 2.75) is 31.0 Å². The molecule has 0 bridgehead atoms. The second kappa shape index (κ2) is 7.16. The Morgan fingerprint density at radius 3 is 2.73 bits per heavy atom. The van der Waals surface area contributed by atoms with E-state index >= 15 is 0 Å². The zero-order valence-corrected chi connectivity index (χ0v) is 13.4. The lowest BCUT2D eigenvalue weighted by Gasteiger charge is -2.13. The Kier molecular flexibility index (Phi) is 5.48. The molecule has 2 nitrogen and oxygen atoms in total. The van der Waals surface area contributed by atoms with Crippen LogP contribution in [0.5, 0.6) is 0 Å². The predicted molar refractivity (Wildman–Crippen MR) is 82.9 cm³/mol. The molecule has 2 rings (SSSR count). The molecule has 22 heavy (non-hydrogen) atoms. The molecule has 0 aliphatic rings. The molecule has 0 aliphatic heterocycles. The molecule has 0 radical (unpaired) electrons. The van der Waals surface area contributed by atoms with E-state index in [1.807, 2.05) is 6.92 Å². The monoisotopic (exact) mass is 342 g/mol. The smallest absolute Gasteiger partial charge is 0.239 e. The van der Waals surface area contributed by atoms with E-state index in [4.69, 9.17) is 5.26 Å². The molecule has 2 heterocycles. The summed E-state index contributed by atoms with van der Waals surface area (Å²) in [6.07, 6.45) is -2.77. The number of nitriles is 1. The number of thioether (sulfide) groups is 1. The second-order valence-corrected chi connectivity index (χ2v) is 6.56. The van der Waals surface area contributed by atoms with Gasteiger partial charge in [0.05, 0.1) is 21.7 Å². The number of pyridine rings is 1. The summed E-state index contributed by atoms with van der Waals surface area (Å²) in [5.41, 5.74) is -1.03. The molecule has 0 saturated heterocycles. The van der Waals surface area contributed by atoms with E-state index < -0.39 is 11.7 Å². The lowest BCUT2D eigenvalue weighted by molar-refractivity contribution is -0.138. The lowest BCUT2D eigenvalue weighted by Crippen LogP contribution is -2.10. The van der Waals surface area contributed by atoms with Crippen molar-refractivity contribution in [3.8, 4) is 16.6 Å². The fraction of sp³-hybridized carbons (Fsp3) is 0.333. The highest BCUT2D eigenvalue weighted by Gasteiger charge is 2.36. The average molecular weight is 342 g/mol. The Labute approximate surface area is 135 Å². The molecule has 0 N–H and O–H groups in total. The fourth-order valence-electron chi connectivity index (χ4n) is 1.82. The summed E-state index contributed by atoms with van der Waals surface area (Å²) >= 11 is 2.53. The molecule has 2 aromatic rings. The van der Waals surface area contributed by atoms with Gasteiger partial charge in [-0.3, -0.25) is 0 Å². The van der Waals surface area contributed by atoms with Crippen molar-refractivity contribution < 1.29 is 13.2 Å². The topological polar surface area (TPSA) is 36.7 Å². The highest BCUT2D eigenvalue weighted by atomic mass is 32.2. The number of hydrogen-bond donors (Lipinski definition) is 0. The predicted octanol–water partition coefficient (Wildman–Crippen LogP) is 5.59. The van der Waals surface area contributed by atoms with Crippen LogP contribution in [-0.2, 0) is 6.18 Å². The summed E-state index contributed by atoms with van der Waals surface area (Å²) in [7, 11) is 0. The number of unbranched alkanes of at least 4 members (excludes halogenated alkanes) is 1. The van der Waals surface area contributed by atoms with E-state index in [1.165, 1.54) is 23.1 Å². The van der Waals surface area contributed by atoms with Crippen molar-refractivity contribution in [1.29, 1.82) is 5.26 Å². The normalized spacial score (nSPS) is 11.4. The molecule has 7 heteroatoms. The quantitative estimate of drug-likeness (QED) is 0.525. The van der Waals surface area contributed by atoms with Gasteiger partial charge < -0.3 is 0 Å². The number of thiophene rings is 1. The Hall–Kier alpha value is -1.52. The first-order chi connectivity index (χ1) is 10.5. The number of halogens is 3. The van der Waals surface area contributed by atoms with Crippen LogP contribution in [0.2, 0.25) is 0 Å². The molecular formula is C15H13F3N2S2. The van der Waals surface area contributed by atoms with E-state index in [-0.39, 0.29) is 16.3 Å². The maximum atomic E-state index is 13.2. The van der Waals surface area contributed by atoms with Gasteiger partial charge in [-0.15, -0.1) is 23.1 Å². The van der Waals surface area contributed by atoms with Crippen molar-refractivity contribution in [2.75, 3.05) is 5.75 Å². The Morgan fingerprint density at radius 2 is 2.18 bits per heavy atom. The van der Waals surface area contributed by atoms with Gasteiger partial charge in [-0.1, -0.05) is 19.4 Å². The Balaban J connectivity index is 2.54. The van der Waals surface area contributed by atoms with Gasteiger partial charge in [0.1, 0.15) is 11.1 Å². The molecule has 0 saturated carbocycles. The molecule has 0 amide bonds. The molecule has 0 unspecified atom stereocenters. The van der Waals surface area contributed by atoms with Crippen LogP contribution in [0.15, 0.2) is 28.6 Å². The van der Waals surface area contributed by atoms with Gasteiger partial charge in [-0.05, 0) is 29.7 Å². The van der Waals surface area contributed by atoms with Gasteiger partial charge in [0.2, 0.25) is 0 Å². The summed E-state index contributed by atoms with van der Waals surface area (Å²) in [5.74, 6) is 0.642. The third-order valence-electron chi connectivity index (χ3n) is 2.91. The molecule has 0 spiro atoms. The van der Waals surface area contributed by atoms with Crippen LogP contribution >= 0.6 is 23.1 Å². The van der Waals surface area contributed by atoms with Gasteiger partial charge in [0.25, 0.3) is 0 Å². The standard InChI is InChI=1S/C15H13F3N2S2/c1-2-3-6-22-14-10(9-19)11(15(16,17)18)8-12(20-14)13-5-4-7-21-13/h4-5,7-8H,2-3,6H2,1H3. The van der Waals surface area contributed by atoms with E-state index in [0.29, 0.717) is 10.6 Å². The zero-order chi connectivity index (χ0) is 16.2. The van der Waals surface area contributed by atoms with Crippen molar-refractivity contribution in [3.63, 3.8) is 0 Å². The van der Waals surface area contributed by atoms with Crippen molar-refractivity contribution >= 4 is 23.1 Å². The highest BCUT2D eigenvalue weighted by molar-refractivity contribution is 7.99. The minimum atomic E-state index is -4.57. The van der Waals surface area contributed by atoms with Crippen molar-refractivity contribution in [2.24, 2.45) is 0 Å². The third kappa shape index (κ3) is 3.81. The van der Waals surface area contributed by atoms with Crippen LogP contribution in [0, 0.1) is 11.3 Å². The summed E-state index contributed by atoms with van der Waals surface area (Å²) in [6, 6.07) is 6.12. The molecule has 116 valence electrons. The largest absolute Gasteiger partial charge is 0.417 e. The number of nitrogens with zero attached hydrogens (tertiary/aromatic N) is 2. The minimum absolute atomic E-state index is 0.161. The second-order valence-electron chi connectivity index (χ2n) is 4.52. The summed E-state index contributed by atoms with van der Waals surface area (Å²) in [5, 5.41) is 11.1. The highest BCUT2D eigenvalue weighted by Crippen LogP contribution is 2.38. The van der Waals surface area contributed by atoms with Gasteiger partial charge in [-0.2, -0.15) is 18.4 Å². The number of hydrogen-bond acceptors (Lipinski definition) is 4. The van der Waals surface area contributed by atoms with E-state index in [2.05, 4.69) is 4.98 Å². The van der Waals surface area contributed by atoms with Crippen LogP contribution in [0.25, 0.3) is 10.6 Å². The minimum Gasteiger partial charge on any atom is -0.239 e. The van der Waals surface area contributed by atoms with Crippen LogP contribution in [0.3, 0.4) is 0 Å². The Morgan fingerprint density at radius 1 is 1.41 bits per heavy atom. The SMILES string of the molecule is CCCCSc1nc(-c2cccs2)cc(C(F)(F)F)c1C#N. The summed E-state index contributed by atoms with van der Waals surface area (Å²) < 4.78 is 39.7. The fourth-order valence-corrected chi connectivity index (χ4v) is 3.60. The van der Waals surface area contributed by atoms with E-state index in [0.717, 1.165) is 18.9 Å². The molecule has 2 aromatic heterocycles. The third-order valence-corrected chi connectivity index (χ3v) is 4.87. The molecule has 0 aromatic carbocycles. The summed E-state index contributed by atoms with van der Waals surface area (Å²) in [6.45, 7) is 2.00. The van der Waals surface area contributed by atoms with Gasteiger partial charge in [-0.25, -0.2) is 4.98 Å². The first-order valence-corrected chi connectivity index (χ1v) is 8.53. The molecule has 0 atom stereocenters. The average Bonchev–Trinajstić information content (AvgIpc) is 3.00. The van der Waals surface area contributed by atoms with Crippen molar-refractivity contribution in [1.82, 2.24) is 4.98 Å². The summed E-state index contributed by atoms with van der Waals surface area (Å²) in [4.78, 5) is 4.94. The van der Waals surface area contributed by atoms with Crippen LogP contribution in [0.1, 0.15) is 30.9 Å². The van der Waals surface area contributed by atoms with Crippen LogP contribution < -0.4 is 0 Å². The first kappa shape index (κ1) is 16.8. The molecular weight excluding hydrogens is 329 g/mol. The first-order valence-electron chi connectivity index (χ1n) is 6.66. The van der Waals surface area contributed by atoms with Gasteiger partial charge in [0, 0.05) is 0 Å². The maximum Gasteiger partial charge on any atom is 0.417 e. The van der Waals surface area contributed by atoms with Crippen molar-refractivity contribution in [3.05, 3.63) is 34.7 Å². The zero-order valence-electron chi connectivity index (χ0n) is 11.8. The van der Waals surface area contributed by atoms with Crippen LogP contribution in [-0.4, -0.2) is 10.7 Å². The lowest BCUT2D eigenvalue weighted by atomic mass is 10.1.